The summed E-state index contributed by atoms with van der Waals surface area (Å²) in [6.07, 6.45) is 7.60. The number of aromatic nitrogens is 8. The Kier molecular flexibility index (Phi) is 15.9. The molecule has 0 saturated carbocycles. The van der Waals surface area contributed by atoms with Crippen molar-refractivity contribution in [3.63, 3.8) is 0 Å². The molecule has 16 nitrogen and oxygen atoms in total. The normalized spacial score (nSPS) is 16.5. The van der Waals surface area contributed by atoms with Crippen LogP contribution in [-0.4, -0.2) is 125 Å². The molecule has 0 bridgehead atoms. The molecule has 2 N–H and O–H groups in total. The van der Waals surface area contributed by atoms with E-state index in [9.17, 15) is 9.59 Å². The molecule has 1 fully saturated rings. The van der Waals surface area contributed by atoms with Gasteiger partial charge in [-0.15, -0.1) is 43.1 Å². The average molecular weight is 1050 g/mol. The number of carbonyl (C=O) groups is 2. The summed E-state index contributed by atoms with van der Waals surface area (Å²) in [5, 5.41) is 27.3. The summed E-state index contributed by atoms with van der Waals surface area (Å²) in [5.41, 5.74) is 8.13. The lowest BCUT2D eigenvalue weighted by Crippen LogP contribution is -2.45. The van der Waals surface area contributed by atoms with E-state index in [2.05, 4.69) is 89.7 Å². The van der Waals surface area contributed by atoms with Crippen LogP contribution in [-0.2, 0) is 16.1 Å². The molecule has 8 heterocycles. The number of nitrogens with one attached hydrogen (secondary N) is 2. The lowest BCUT2D eigenvalue weighted by Gasteiger charge is -2.32. The number of imidazole rings is 1. The van der Waals surface area contributed by atoms with E-state index in [0.29, 0.717) is 34.8 Å². The first-order valence-corrected chi connectivity index (χ1v) is 26.8. The zero-order chi connectivity index (χ0) is 50.6. The monoisotopic (exact) mass is 1050 g/mol. The molecule has 20 heteroatoms. The number of amides is 2. The van der Waals surface area contributed by atoms with E-state index in [-0.39, 0.29) is 24.7 Å². The van der Waals surface area contributed by atoms with Crippen molar-refractivity contribution in [1.82, 2.24) is 59.5 Å². The van der Waals surface area contributed by atoms with Gasteiger partial charge in [-0.1, -0.05) is 47.5 Å². The van der Waals surface area contributed by atoms with E-state index < -0.39 is 12.1 Å². The van der Waals surface area contributed by atoms with E-state index in [4.69, 9.17) is 33.2 Å². The zero-order valence-electron chi connectivity index (χ0n) is 41.7. The Labute approximate surface area is 438 Å². The Hall–Kier alpha value is -5.89. The van der Waals surface area contributed by atoms with Gasteiger partial charge in [0.2, 0.25) is 11.8 Å². The number of piperazine rings is 1. The number of nitrogens with zero attached hydrogens (tertiary/aromatic N) is 12. The van der Waals surface area contributed by atoms with Crippen molar-refractivity contribution >= 4 is 69.1 Å². The number of rotatable bonds is 14. The molecule has 2 atom stereocenters. The fourth-order valence-electron chi connectivity index (χ4n) is 9.27. The van der Waals surface area contributed by atoms with E-state index in [1.807, 2.05) is 73.1 Å². The van der Waals surface area contributed by atoms with Crippen molar-refractivity contribution < 1.29 is 9.59 Å². The van der Waals surface area contributed by atoms with Crippen LogP contribution in [0, 0.1) is 41.5 Å². The molecule has 7 aromatic rings. The van der Waals surface area contributed by atoms with Crippen molar-refractivity contribution in [3.05, 3.63) is 144 Å². The maximum Gasteiger partial charge on any atom is 0.222 e. The van der Waals surface area contributed by atoms with Crippen LogP contribution >= 0.6 is 45.9 Å². The minimum atomic E-state index is -0.463. The summed E-state index contributed by atoms with van der Waals surface area (Å²) in [4.78, 5) is 47.6. The van der Waals surface area contributed by atoms with Gasteiger partial charge in [0.05, 0.1) is 30.6 Å². The van der Waals surface area contributed by atoms with E-state index in [1.54, 1.807) is 35.2 Å². The lowest BCUT2D eigenvalue weighted by molar-refractivity contribution is -0.122. The first-order valence-electron chi connectivity index (χ1n) is 24.4. The molecule has 10 rings (SSSR count). The van der Waals surface area contributed by atoms with Gasteiger partial charge in [0.15, 0.2) is 11.6 Å². The Morgan fingerprint density at radius 2 is 1.10 bits per heavy atom. The SMILES string of the molecule is Cc1sc2c(c1C)C(c1ccc(Cl)cc1)=NC(CC(=O)NCCCN1CCN(C)CC1)c1nnc(C)n1-2.Cc1sc2c(c1C)C(c1ccc(Cl)cc1)=NC(CC(=O)NCCCn1ccnc1)c1nnc(C)n1-2. The van der Waals surface area contributed by atoms with Gasteiger partial charge in [-0.2, -0.15) is 0 Å². The number of halogens is 2. The van der Waals surface area contributed by atoms with Crippen LogP contribution in [0.4, 0.5) is 0 Å². The van der Waals surface area contributed by atoms with Crippen molar-refractivity contribution in [1.29, 1.82) is 0 Å². The number of aliphatic imine (C=N–C) groups is 2. The highest BCUT2D eigenvalue weighted by Crippen LogP contribution is 2.41. The second-order valence-electron chi connectivity index (χ2n) is 18.6. The number of hydrogen-bond acceptors (Lipinski definition) is 13. The third-order valence-corrected chi connectivity index (χ3v) is 16.4. The van der Waals surface area contributed by atoms with E-state index in [1.165, 1.54) is 20.9 Å². The third-order valence-electron chi connectivity index (χ3n) is 13.5. The number of carbonyl (C=O) groups excluding carboxylic acids is 2. The molecular formula is C52H60Cl2N14O2S2. The largest absolute Gasteiger partial charge is 0.356 e. The number of likely N-dealkylation sites (N-methyl/N-ethyl adjacent to an activating group) is 1. The number of aryl methyl sites for hydroxylation is 5. The van der Waals surface area contributed by atoms with Crippen LogP contribution < -0.4 is 10.6 Å². The third kappa shape index (κ3) is 11.2. The van der Waals surface area contributed by atoms with Gasteiger partial charge in [0.1, 0.15) is 33.7 Å². The van der Waals surface area contributed by atoms with Crippen LogP contribution in [0.1, 0.15) is 104 Å². The molecule has 2 aromatic carbocycles. The fraction of sp³-hybridized carbons (Fsp3) is 0.404. The Bertz CT molecular complexity index is 3110. The molecule has 2 unspecified atom stereocenters. The highest BCUT2D eigenvalue weighted by Gasteiger charge is 2.34. The van der Waals surface area contributed by atoms with E-state index in [0.717, 1.165) is 107 Å². The molecule has 0 radical (unpaired) electrons. The molecular weight excluding hydrogens is 988 g/mol. The number of hydrogen-bond donors (Lipinski definition) is 2. The van der Waals surface area contributed by atoms with Crippen molar-refractivity contribution in [2.24, 2.45) is 9.98 Å². The molecule has 72 heavy (non-hydrogen) atoms. The van der Waals surface area contributed by atoms with Gasteiger partial charge >= 0.3 is 0 Å². The summed E-state index contributed by atoms with van der Waals surface area (Å²) < 4.78 is 6.13. The smallest absolute Gasteiger partial charge is 0.222 e. The summed E-state index contributed by atoms with van der Waals surface area (Å²) in [7, 11) is 2.16. The number of thiophene rings is 2. The van der Waals surface area contributed by atoms with Crippen LogP contribution in [0.5, 0.6) is 0 Å². The minimum Gasteiger partial charge on any atom is -0.356 e. The molecule has 5 aromatic heterocycles. The molecule has 376 valence electrons. The van der Waals surface area contributed by atoms with Gasteiger partial charge in [-0.3, -0.25) is 28.7 Å². The standard InChI is InChI=1S/C27H34ClN7OS.C25H26ClN7OS/c1-17-18(2)37-27-24(17)25(20-6-8-21(28)9-7-20)30-22(26-32-31-19(3)35(26)27)16-23(36)29-10-5-11-34-14-12-33(4)13-15-34;1-15-16(2)35-25-22(15)23(18-5-7-19(26)8-6-18)29-20(24-31-30-17(3)33(24)25)13-21(34)28-9-4-11-32-12-10-27-14-32/h6-9,22H,5,10-16H2,1-4H3,(H,29,36);5-8,10,12,14,20H,4,9,11,13H2,1-3H3,(H,28,34). The topological polar surface area (TPSA) is 169 Å². The second-order valence-corrected chi connectivity index (χ2v) is 21.8. The number of benzene rings is 2. The van der Waals surface area contributed by atoms with Crippen LogP contribution in [0.25, 0.3) is 10.0 Å². The van der Waals surface area contributed by atoms with Crippen LogP contribution in [0.2, 0.25) is 10.0 Å². The molecule has 1 saturated heterocycles. The van der Waals surface area contributed by atoms with Gasteiger partial charge in [0.25, 0.3) is 0 Å². The van der Waals surface area contributed by atoms with Gasteiger partial charge in [0, 0.05) is 100 Å². The predicted molar refractivity (Wildman–Crippen MR) is 287 cm³/mol. The van der Waals surface area contributed by atoms with Crippen LogP contribution in [0.15, 0.2) is 77.2 Å². The quantitative estimate of drug-likeness (QED) is 0.101. The lowest BCUT2D eigenvalue weighted by atomic mass is 9.99. The van der Waals surface area contributed by atoms with Crippen molar-refractivity contribution in [3.8, 4) is 10.0 Å². The summed E-state index contributed by atoms with van der Waals surface area (Å²) in [5.74, 6) is 2.88. The zero-order valence-corrected chi connectivity index (χ0v) is 44.9. The molecule has 2 amide bonds. The second kappa shape index (κ2) is 22.5. The van der Waals surface area contributed by atoms with Crippen molar-refractivity contribution in [2.45, 2.75) is 85.9 Å². The minimum absolute atomic E-state index is 0.0204. The Morgan fingerprint density at radius 1 is 0.639 bits per heavy atom. The first-order chi connectivity index (χ1) is 34.7. The molecule has 3 aliphatic rings. The maximum atomic E-state index is 13.1. The Balaban J connectivity index is 0.000000178. The average Bonchev–Trinajstić information content (AvgIpc) is 4.19. The Morgan fingerprint density at radius 3 is 1.54 bits per heavy atom. The highest BCUT2D eigenvalue weighted by molar-refractivity contribution is 7.15. The summed E-state index contributed by atoms with van der Waals surface area (Å²) in [6, 6.07) is 14.5. The molecule has 0 aliphatic carbocycles. The fourth-order valence-corrected chi connectivity index (χ4v) is 12.0. The molecule has 3 aliphatic heterocycles. The van der Waals surface area contributed by atoms with E-state index >= 15 is 0 Å². The highest BCUT2D eigenvalue weighted by atomic mass is 35.5. The summed E-state index contributed by atoms with van der Waals surface area (Å²) in [6.45, 7) is 19.8. The maximum absolute atomic E-state index is 13.1. The van der Waals surface area contributed by atoms with Crippen LogP contribution in [0.3, 0.4) is 0 Å². The van der Waals surface area contributed by atoms with Gasteiger partial charge < -0.3 is 25.0 Å². The molecule has 0 spiro atoms. The van der Waals surface area contributed by atoms with Gasteiger partial charge in [-0.05, 0) is 103 Å². The predicted octanol–water partition coefficient (Wildman–Crippen LogP) is 8.54. The van der Waals surface area contributed by atoms with Gasteiger partial charge in [-0.25, -0.2) is 4.98 Å². The van der Waals surface area contributed by atoms with Crippen molar-refractivity contribution in [2.75, 3.05) is 52.9 Å². The first kappa shape index (κ1) is 51.0. The summed E-state index contributed by atoms with van der Waals surface area (Å²) >= 11 is 15.8. The number of fused-ring (bicyclic) bond motifs is 6.